The highest BCUT2D eigenvalue weighted by atomic mass is 16.5. The van der Waals surface area contributed by atoms with Crippen LogP contribution in [0.4, 0.5) is 0 Å². The minimum Gasteiger partial charge on any atom is -0.497 e. The van der Waals surface area contributed by atoms with Crippen LogP contribution in [-0.4, -0.2) is 20.8 Å². The van der Waals surface area contributed by atoms with Gasteiger partial charge in [0.1, 0.15) is 17.9 Å². The summed E-state index contributed by atoms with van der Waals surface area (Å²) < 4.78 is 21.6. The third-order valence-electron chi connectivity index (χ3n) is 3.98. The van der Waals surface area contributed by atoms with Gasteiger partial charge in [0, 0.05) is 6.07 Å². The highest BCUT2D eigenvalue weighted by Crippen LogP contribution is 2.34. The summed E-state index contributed by atoms with van der Waals surface area (Å²) in [5.41, 5.74) is 2.34. The van der Waals surface area contributed by atoms with E-state index in [1.54, 1.807) is 25.3 Å². The van der Waals surface area contributed by atoms with Gasteiger partial charge in [-0.05, 0) is 51.8 Å². The van der Waals surface area contributed by atoms with Crippen LogP contribution in [-0.2, 0) is 0 Å². The van der Waals surface area contributed by atoms with Gasteiger partial charge < -0.3 is 18.6 Å². The molecule has 5 heteroatoms. The summed E-state index contributed by atoms with van der Waals surface area (Å²) in [5, 5.41) is 0.659. The Balaban J connectivity index is 2.20. The second-order valence-corrected chi connectivity index (χ2v) is 6.30. The number of allylic oxidation sites excluding steroid dienone is 3. The Labute approximate surface area is 153 Å². The van der Waals surface area contributed by atoms with Crippen molar-refractivity contribution in [2.24, 2.45) is 0 Å². The molecule has 0 aliphatic rings. The summed E-state index contributed by atoms with van der Waals surface area (Å²) in [6.07, 6.45) is 6.12. The molecule has 0 amide bonds. The third-order valence-corrected chi connectivity index (χ3v) is 3.98. The van der Waals surface area contributed by atoms with E-state index in [2.05, 4.69) is 26.8 Å². The number of hydrogen-bond donors (Lipinski definition) is 0. The fraction of sp³-hybridized carbons (Fsp3) is 0.381. The average Bonchev–Trinajstić information content (AvgIpc) is 2.61. The SMILES string of the molecule is COc1ccc2c(OC)c(OCC=C(C)CCC=C(C)C)c(=O)oc2c1. The molecule has 0 radical (unpaired) electrons. The van der Waals surface area contributed by atoms with Gasteiger partial charge in [0.15, 0.2) is 5.75 Å². The molecule has 2 rings (SSSR count). The topological polar surface area (TPSA) is 57.9 Å². The Morgan fingerprint density at radius 3 is 2.50 bits per heavy atom. The Morgan fingerprint density at radius 2 is 1.85 bits per heavy atom. The zero-order valence-electron chi connectivity index (χ0n) is 16.0. The molecule has 140 valence electrons. The molecule has 26 heavy (non-hydrogen) atoms. The van der Waals surface area contributed by atoms with Gasteiger partial charge in [0.05, 0.1) is 19.6 Å². The van der Waals surface area contributed by atoms with E-state index in [0.717, 1.165) is 12.8 Å². The van der Waals surface area contributed by atoms with Crippen molar-refractivity contribution >= 4 is 11.0 Å². The van der Waals surface area contributed by atoms with E-state index in [1.807, 2.05) is 6.08 Å². The van der Waals surface area contributed by atoms with Gasteiger partial charge in [-0.2, -0.15) is 0 Å². The van der Waals surface area contributed by atoms with Crippen LogP contribution in [0.1, 0.15) is 33.6 Å². The molecule has 0 saturated heterocycles. The fourth-order valence-corrected chi connectivity index (χ4v) is 2.55. The molecule has 2 aromatic rings. The van der Waals surface area contributed by atoms with Gasteiger partial charge in [0.2, 0.25) is 5.75 Å². The Bertz CT molecular complexity index is 870. The number of hydrogen-bond acceptors (Lipinski definition) is 5. The number of ether oxygens (including phenoxy) is 3. The lowest BCUT2D eigenvalue weighted by molar-refractivity contribution is 0.309. The van der Waals surface area contributed by atoms with Crippen LogP contribution in [0.5, 0.6) is 17.2 Å². The Kier molecular flexibility index (Phi) is 6.89. The first-order valence-corrected chi connectivity index (χ1v) is 8.57. The van der Waals surface area contributed by atoms with Crippen molar-refractivity contribution in [2.75, 3.05) is 20.8 Å². The summed E-state index contributed by atoms with van der Waals surface area (Å²) in [7, 11) is 3.06. The van der Waals surface area contributed by atoms with Crippen LogP contribution >= 0.6 is 0 Å². The Morgan fingerprint density at radius 1 is 1.08 bits per heavy atom. The van der Waals surface area contributed by atoms with E-state index in [9.17, 15) is 4.79 Å². The maximum absolute atomic E-state index is 12.3. The van der Waals surface area contributed by atoms with E-state index < -0.39 is 5.63 Å². The molecule has 0 aliphatic heterocycles. The zero-order chi connectivity index (χ0) is 19.1. The standard InChI is InChI=1S/C21H26O5/c1-14(2)7-6-8-15(3)11-12-25-20-19(24-5)17-10-9-16(23-4)13-18(17)26-21(20)22/h7,9-11,13H,6,8,12H2,1-5H3. The monoisotopic (exact) mass is 358 g/mol. The highest BCUT2D eigenvalue weighted by Gasteiger charge is 2.17. The predicted molar refractivity (Wildman–Crippen MR) is 104 cm³/mol. The molecule has 0 unspecified atom stereocenters. The summed E-state index contributed by atoms with van der Waals surface area (Å²) in [5.74, 6) is 1.05. The van der Waals surface area contributed by atoms with E-state index >= 15 is 0 Å². The molecule has 0 saturated carbocycles. The smallest absolute Gasteiger partial charge is 0.383 e. The number of benzene rings is 1. The fourth-order valence-electron chi connectivity index (χ4n) is 2.55. The molecule has 1 aromatic heterocycles. The van der Waals surface area contributed by atoms with Crippen LogP contribution in [0.2, 0.25) is 0 Å². The predicted octanol–water partition coefficient (Wildman–Crippen LogP) is 4.88. The van der Waals surface area contributed by atoms with Gasteiger partial charge in [-0.15, -0.1) is 0 Å². The van der Waals surface area contributed by atoms with E-state index in [0.29, 0.717) is 22.5 Å². The zero-order valence-corrected chi connectivity index (χ0v) is 16.0. The van der Waals surface area contributed by atoms with Gasteiger partial charge in [-0.1, -0.05) is 17.2 Å². The van der Waals surface area contributed by atoms with Gasteiger partial charge in [0.25, 0.3) is 0 Å². The minimum atomic E-state index is -0.571. The molecule has 5 nitrogen and oxygen atoms in total. The van der Waals surface area contributed by atoms with Crippen molar-refractivity contribution in [1.82, 2.24) is 0 Å². The molecule has 0 N–H and O–H groups in total. The highest BCUT2D eigenvalue weighted by molar-refractivity contribution is 5.86. The molecular formula is C21H26O5. The van der Waals surface area contributed by atoms with E-state index in [1.165, 1.54) is 18.3 Å². The summed E-state index contributed by atoms with van der Waals surface area (Å²) in [4.78, 5) is 12.3. The normalized spacial score (nSPS) is 11.3. The molecule has 0 bridgehead atoms. The average molecular weight is 358 g/mol. The summed E-state index contributed by atoms with van der Waals surface area (Å²) in [6.45, 7) is 6.50. The largest absolute Gasteiger partial charge is 0.497 e. The van der Waals surface area contributed by atoms with Gasteiger partial charge in [-0.25, -0.2) is 4.79 Å². The lowest BCUT2D eigenvalue weighted by Gasteiger charge is -2.11. The molecular weight excluding hydrogens is 332 g/mol. The molecule has 1 aromatic carbocycles. The van der Waals surface area contributed by atoms with Crippen molar-refractivity contribution in [1.29, 1.82) is 0 Å². The molecule has 0 fully saturated rings. The van der Waals surface area contributed by atoms with E-state index in [4.69, 9.17) is 18.6 Å². The lowest BCUT2D eigenvalue weighted by atomic mass is 10.1. The van der Waals surface area contributed by atoms with Crippen LogP contribution < -0.4 is 19.8 Å². The lowest BCUT2D eigenvalue weighted by Crippen LogP contribution is -2.09. The van der Waals surface area contributed by atoms with E-state index in [-0.39, 0.29) is 12.4 Å². The second kappa shape index (κ2) is 9.13. The first-order valence-electron chi connectivity index (χ1n) is 8.57. The van der Waals surface area contributed by atoms with Crippen LogP contribution in [0.3, 0.4) is 0 Å². The summed E-state index contributed by atoms with van der Waals surface area (Å²) in [6, 6.07) is 5.21. The number of rotatable bonds is 8. The van der Waals surface area contributed by atoms with Crippen LogP contribution in [0, 0.1) is 0 Å². The quantitative estimate of drug-likeness (QED) is 0.497. The maximum atomic E-state index is 12.3. The van der Waals surface area contributed by atoms with Crippen molar-refractivity contribution in [2.45, 2.75) is 33.6 Å². The third kappa shape index (κ3) is 4.91. The van der Waals surface area contributed by atoms with Gasteiger partial charge in [-0.3, -0.25) is 0 Å². The van der Waals surface area contributed by atoms with Crippen molar-refractivity contribution < 1.29 is 18.6 Å². The molecule has 0 atom stereocenters. The molecule has 0 aliphatic carbocycles. The minimum absolute atomic E-state index is 0.0820. The first kappa shape index (κ1) is 19.6. The van der Waals surface area contributed by atoms with Crippen molar-refractivity contribution in [3.8, 4) is 17.2 Å². The second-order valence-electron chi connectivity index (χ2n) is 6.30. The Hall–Kier alpha value is -2.69. The van der Waals surface area contributed by atoms with Crippen molar-refractivity contribution in [3.05, 3.63) is 51.9 Å². The number of fused-ring (bicyclic) bond motifs is 1. The molecule has 1 heterocycles. The molecule has 0 spiro atoms. The summed E-state index contributed by atoms with van der Waals surface area (Å²) >= 11 is 0. The van der Waals surface area contributed by atoms with Crippen LogP contribution in [0.15, 0.2) is 50.7 Å². The van der Waals surface area contributed by atoms with Gasteiger partial charge >= 0.3 is 5.63 Å². The first-order chi connectivity index (χ1) is 12.5. The van der Waals surface area contributed by atoms with Crippen molar-refractivity contribution in [3.63, 3.8) is 0 Å². The van der Waals surface area contributed by atoms with Crippen LogP contribution in [0.25, 0.3) is 11.0 Å². The maximum Gasteiger partial charge on any atom is 0.383 e. The number of methoxy groups -OCH3 is 2.